The Morgan fingerprint density at radius 2 is 1.96 bits per heavy atom. The summed E-state index contributed by atoms with van der Waals surface area (Å²) in [4.78, 5) is 12.3. The average Bonchev–Trinajstić information content (AvgIpc) is 3.02. The SMILES string of the molecule is CC(C)OCc1ccc(CNC(=O)C2Cc3cc(Cl)ccc3O2)cc1. The summed E-state index contributed by atoms with van der Waals surface area (Å²) in [5.74, 6) is 0.624. The molecule has 4 nitrogen and oxygen atoms in total. The van der Waals surface area contributed by atoms with Crippen LogP contribution in [0.3, 0.4) is 0 Å². The molecule has 1 N–H and O–H groups in total. The van der Waals surface area contributed by atoms with Crippen molar-refractivity contribution < 1.29 is 14.3 Å². The average molecular weight is 360 g/mol. The van der Waals surface area contributed by atoms with Gasteiger partial charge in [0.25, 0.3) is 5.91 Å². The Bertz CT molecular complexity index is 743. The summed E-state index contributed by atoms with van der Waals surface area (Å²) >= 11 is 5.98. The van der Waals surface area contributed by atoms with Gasteiger partial charge in [-0.3, -0.25) is 4.79 Å². The Labute approximate surface area is 153 Å². The molecule has 25 heavy (non-hydrogen) atoms. The minimum Gasteiger partial charge on any atom is -0.480 e. The molecule has 2 aromatic carbocycles. The van der Waals surface area contributed by atoms with Gasteiger partial charge in [-0.2, -0.15) is 0 Å². The van der Waals surface area contributed by atoms with E-state index in [9.17, 15) is 4.79 Å². The molecule has 132 valence electrons. The number of carbonyl (C=O) groups excluding carboxylic acids is 1. The maximum atomic E-state index is 12.3. The van der Waals surface area contributed by atoms with Gasteiger partial charge in [-0.15, -0.1) is 0 Å². The maximum absolute atomic E-state index is 12.3. The van der Waals surface area contributed by atoms with Crippen molar-refractivity contribution in [2.75, 3.05) is 0 Å². The normalized spacial score (nSPS) is 15.8. The quantitative estimate of drug-likeness (QED) is 0.851. The Hall–Kier alpha value is -2.04. The molecular weight excluding hydrogens is 338 g/mol. The molecule has 0 bridgehead atoms. The van der Waals surface area contributed by atoms with Gasteiger partial charge in [0.05, 0.1) is 12.7 Å². The van der Waals surface area contributed by atoms with Crippen molar-refractivity contribution in [3.05, 3.63) is 64.2 Å². The van der Waals surface area contributed by atoms with Gasteiger partial charge in [-0.05, 0) is 48.7 Å². The van der Waals surface area contributed by atoms with Gasteiger partial charge in [0.15, 0.2) is 6.10 Å². The molecule has 1 atom stereocenters. The highest BCUT2D eigenvalue weighted by molar-refractivity contribution is 6.30. The van der Waals surface area contributed by atoms with Crippen LogP contribution in [0.4, 0.5) is 0 Å². The first-order valence-corrected chi connectivity index (χ1v) is 8.81. The summed E-state index contributed by atoms with van der Waals surface area (Å²) in [5.41, 5.74) is 3.14. The van der Waals surface area contributed by atoms with E-state index in [1.807, 2.05) is 50.2 Å². The van der Waals surface area contributed by atoms with Crippen LogP contribution in [-0.2, 0) is 29.1 Å². The van der Waals surface area contributed by atoms with Crippen LogP contribution in [0.15, 0.2) is 42.5 Å². The number of fused-ring (bicyclic) bond motifs is 1. The molecule has 1 heterocycles. The van der Waals surface area contributed by atoms with Gasteiger partial charge in [0, 0.05) is 18.0 Å². The van der Waals surface area contributed by atoms with Crippen LogP contribution in [-0.4, -0.2) is 18.1 Å². The molecule has 2 aromatic rings. The number of hydrogen-bond acceptors (Lipinski definition) is 3. The lowest BCUT2D eigenvalue weighted by atomic mass is 10.1. The smallest absolute Gasteiger partial charge is 0.261 e. The fourth-order valence-electron chi connectivity index (χ4n) is 2.68. The van der Waals surface area contributed by atoms with Crippen molar-refractivity contribution in [3.63, 3.8) is 0 Å². The largest absolute Gasteiger partial charge is 0.480 e. The van der Waals surface area contributed by atoms with Crippen LogP contribution in [0, 0.1) is 0 Å². The molecule has 0 aliphatic carbocycles. The van der Waals surface area contributed by atoms with Crippen molar-refractivity contribution in [1.82, 2.24) is 5.32 Å². The molecule has 1 aliphatic heterocycles. The Kier molecular flexibility index (Phi) is 5.61. The molecule has 1 amide bonds. The van der Waals surface area contributed by atoms with Crippen LogP contribution >= 0.6 is 11.6 Å². The molecule has 1 aliphatic rings. The van der Waals surface area contributed by atoms with E-state index in [2.05, 4.69) is 5.32 Å². The number of ether oxygens (including phenoxy) is 2. The Balaban J connectivity index is 1.50. The highest BCUT2D eigenvalue weighted by Gasteiger charge is 2.28. The summed E-state index contributed by atoms with van der Waals surface area (Å²) in [6.45, 7) is 5.10. The van der Waals surface area contributed by atoms with Crippen LogP contribution in [0.1, 0.15) is 30.5 Å². The fraction of sp³-hybridized carbons (Fsp3) is 0.350. The first-order chi connectivity index (χ1) is 12.0. The van der Waals surface area contributed by atoms with Crippen molar-refractivity contribution in [2.24, 2.45) is 0 Å². The van der Waals surface area contributed by atoms with E-state index in [1.54, 1.807) is 6.07 Å². The van der Waals surface area contributed by atoms with Gasteiger partial charge in [0.2, 0.25) is 0 Å². The summed E-state index contributed by atoms with van der Waals surface area (Å²) in [7, 11) is 0. The van der Waals surface area contributed by atoms with E-state index in [-0.39, 0.29) is 12.0 Å². The van der Waals surface area contributed by atoms with E-state index in [4.69, 9.17) is 21.1 Å². The standard InChI is InChI=1S/C20H22ClNO3/c1-13(2)24-12-15-5-3-14(4-6-15)11-22-20(23)19-10-16-9-17(21)7-8-18(16)25-19/h3-9,13,19H,10-12H2,1-2H3,(H,22,23). The van der Waals surface area contributed by atoms with E-state index >= 15 is 0 Å². The number of benzene rings is 2. The zero-order valence-electron chi connectivity index (χ0n) is 14.4. The predicted octanol–water partition coefficient (Wildman–Crippen LogP) is 3.88. The zero-order chi connectivity index (χ0) is 17.8. The Morgan fingerprint density at radius 3 is 2.68 bits per heavy atom. The number of carbonyl (C=O) groups is 1. The van der Waals surface area contributed by atoms with Crippen molar-refractivity contribution in [2.45, 2.75) is 45.6 Å². The van der Waals surface area contributed by atoms with Gasteiger partial charge in [-0.25, -0.2) is 0 Å². The molecule has 0 saturated heterocycles. The van der Waals surface area contributed by atoms with Crippen molar-refractivity contribution in [3.8, 4) is 5.75 Å². The number of amides is 1. The van der Waals surface area contributed by atoms with Crippen molar-refractivity contribution in [1.29, 1.82) is 0 Å². The lowest BCUT2D eigenvalue weighted by Gasteiger charge is -2.12. The lowest BCUT2D eigenvalue weighted by Crippen LogP contribution is -2.37. The van der Waals surface area contributed by atoms with Gasteiger partial charge in [-0.1, -0.05) is 35.9 Å². The first-order valence-electron chi connectivity index (χ1n) is 8.43. The lowest BCUT2D eigenvalue weighted by molar-refractivity contribution is -0.127. The second-order valence-corrected chi connectivity index (χ2v) is 6.89. The summed E-state index contributed by atoms with van der Waals surface area (Å²) in [6, 6.07) is 13.5. The van der Waals surface area contributed by atoms with Crippen LogP contribution < -0.4 is 10.1 Å². The second kappa shape index (κ2) is 7.89. The molecule has 3 rings (SSSR count). The Morgan fingerprint density at radius 1 is 1.24 bits per heavy atom. The molecule has 0 saturated carbocycles. The predicted molar refractivity (Wildman–Crippen MR) is 97.8 cm³/mol. The van der Waals surface area contributed by atoms with Crippen molar-refractivity contribution >= 4 is 17.5 Å². The van der Waals surface area contributed by atoms with Crippen LogP contribution in [0.5, 0.6) is 5.75 Å². The fourth-order valence-corrected chi connectivity index (χ4v) is 2.88. The highest BCUT2D eigenvalue weighted by atomic mass is 35.5. The van der Waals surface area contributed by atoms with E-state index in [0.29, 0.717) is 24.6 Å². The summed E-state index contributed by atoms with van der Waals surface area (Å²) in [5, 5.41) is 3.59. The highest BCUT2D eigenvalue weighted by Crippen LogP contribution is 2.31. The van der Waals surface area contributed by atoms with Gasteiger partial charge < -0.3 is 14.8 Å². The number of rotatable bonds is 6. The summed E-state index contributed by atoms with van der Waals surface area (Å²) < 4.78 is 11.3. The molecule has 0 radical (unpaired) electrons. The number of hydrogen-bond donors (Lipinski definition) is 1. The molecular formula is C20H22ClNO3. The minimum absolute atomic E-state index is 0.112. The molecule has 0 aromatic heterocycles. The van der Waals surface area contributed by atoms with Gasteiger partial charge in [0.1, 0.15) is 5.75 Å². The third kappa shape index (κ3) is 4.74. The van der Waals surface area contributed by atoms with Crippen LogP contribution in [0.2, 0.25) is 5.02 Å². The van der Waals surface area contributed by atoms with Crippen LogP contribution in [0.25, 0.3) is 0 Å². The van der Waals surface area contributed by atoms with Gasteiger partial charge >= 0.3 is 0 Å². The molecule has 0 fully saturated rings. The third-order valence-electron chi connectivity index (χ3n) is 4.06. The topological polar surface area (TPSA) is 47.6 Å². The molecule has 1 unspecified atom stereocenters. The molecule has 0 spiro atoms. The number of nitrogens with one attached hydrogen (secondary N) is 1. The number of halogens is 1. The third-order valence-corrected chi connectivity index (χ3v) is 4.30. The van der Waals surface area contributed by atoms with E-state index in [0.717, 1.165) is 22.4 Å². The summed E-state index contributed by atoms with van der Waals surface area (Å²) in [6.07, 6.45) is 0.268. The maximum Gasteiger partial charge on any atom is 0.261 e. The molecule has 5 heteroatoms. The van der Waals surface area contributed by atoms with E-state index in [1.165, 1.54) is 0 Å². The van der Waals surface area contributed by atoms with E-state index < -0.39 is 6.10 Å². The second-order valence-electron chi connectivity index (χ2n) is 6.46. The monoisotopic (exact) mass is 359 g/mol. The first kappa shape index (κ1) is 17.8. The minimum atomic E-state index is -0.493. The zero-order valence-corrected chi connectivity index (χ0v) is 15.2.